The lowest BCUT2D eigenvalue weighted by atomic mass is 9.71. The molecule has 0 saturated heterocycles. The Labute approximate surface area is 184 Å². The van der Waals surface area contributed by atoms with E-state index in [1.807, 2.05) is 32.0 Å². The zero-order valence-corrected chi connectivity index (χ0v) is 19.0. The lowest BCUT2D eigenvalue weighted by Gasteiger charge is -2.34. The Hall–Kier alpha value is -2.63. The van der Waals surface area contributed by atoms with E-state index in [1.54, 1.807) is 7.11 Å². The minimum atomic E-state index is -0.621. The van der Waals surface area contributed by atoms with Crippen LogP contribution in [0.2, 0.25) is 0 Å². The van der Waals surface area contributed by atoms with Crippen LogP contribution in [0, 0.1) is 5.92 Å². The summed E-state index contributed by atoms with van der Waals surface area (Å²) in [5, 5.41) is 0. The summed E-state index contributed by atoms with van der Waals surface area (Å²) in [6, 6.07) is 5.67. The molecule has 2 atom stereocenters. The molecule has 1 aromatic rings. The van der Waals surface area contributed by atoms with Gasteiger partial charge < -0.3 is 14.2 Å². The topological polar surface area (TPSA) is 74.2 Å². The van der Waals surface area contributed by atoms with Crippen molar-refractivity contribution in [3.05, 3.63) is 35.0 Å². The number of nitrogens with zero attached hydrogens (tertiary/aromatic N) is 1. The largest absolute Gasteiger partial charge is 0.493 e. The van der Waals surface area contributed by atoms with Crippen molar-refractivity contribution in [2.45, 2.75) is 65.2 Å². The second kappa shape index (κ2) is 10.6. The van der Waals surface area contributed by atoms with Gasteiger partial charge in [0.1, 0.15) is 5.92 Å². The first-order valence-electron chi connectivity index (χ1n) is 11.3. The van der Waals surface area contributed by atoms with Gasteiger partial charge in [0.05, 0.1) is 20.3 Å². The van der Waals surface area contributed by atoms with Gasteiger partial charge in [-0.25, -0.2) is 0 Å². The second-order valence-corrected chi connectivity index (χ2v) is 8.13. The number of ketones is 1. The van der Waals surface area contributed by atoms with E-state index in [-0.39, 0.29) is 11.8 Å². The first-order valence-corrected chi connectivity index (χ1v) is 11.3. The van der Waals surface area contributed by atoms with Crippen LogP contribution in [-0.2, 0) is 14.3 Å². The fraction of sp³-hybridized carbons (Fsp3) is 0.560. The molecule has 0 amide bonds. The highest BCUT2D eigenvalue weighted by Crippen LogP contribution is 2.45. The van der Waals surface area contributed by atoms with Crippen molar-refractivity contribution in [2.24, 2.45) is 10.9 Å². The summed E-state index contributed by atoms with van der Waals surface area (Å²) in [6.07, 6.45) is 4.67. The van der Waals surface area contributed by atoms with E-state index in [2.05, 4.69) is 11.9 Å². The van der Waals surface area contributed by atoms with Gasteiger partial charge in [0.2, 0.25) is 0 Å². The quantitative estimate of drug-likeness (QED) is 0.409. The molecule has 1 unspecified atom stereocenters. The van der Waals surface area contributed by atoms with Crippen molar-refractivity contribution in [2.75, 3.05) is 20.3 Å². The van der Waals surface area contributed by atoms with Crippen LogP contribution in [0.25, 0.3) is 0 Å². The van der Waals surface area contributed by atoms with E-state index in [0.717, 1.165) is 43.4 Å². The highest BCUT2D eigenvalue weighted by molar-refractivity contribution is 6.08. The van der Waals surface area contributed by atoms with Gasteiger partial charge in [-0.1, -0.05) is 26.3 Å². The van der Waals surface area contributed by atoms with Crippen LogP contribution in [0.4, 0.5) is 0 Å². The van der Waals surface area contributed by atoms with E-state index in [1.165, 1.54) is 0 Å². The van der Waals surface area contributed by atoms with E-state index in [0.29, 0.717) is 42.4 Å². The highest BCUT2D eigenvalue weighted by Gasteiger charge is 2.43. The molecule has 3 rings (SSSR count). The van der Waals surface area contributed by atoms with Crippen LogP contribution >= 0.6 is 0 Å². The van der Waals surface area contributed by atoms with Crippen molar-refractivity contribution >= 4 is 17.5 Å². The normalized spacial score (nSPS) is 20.8. The molecule has 168 valence electrons. The molecule has 0 fully saturated rings. The first-order chi connectivity index (χ1) is 15.0. The van der Waals surface area contributed by atoms with Crippen LogP contribution < -0.4 is 9.47 Å². The molecule has 6 nitrogen and oxygen atoms in total. The van der Waals surface area contributed by atoms with Gasteiger partial charge in [0.15, 0.2) is 17.3 Å². The van der Waals surface area contributed by atoms with Gasteiger partial charge in [-0.05, 0) is 50.3 Å². The molecule has 0 saturated carbocycles. The Morgan fingerprint density at radius 3 is 2.65 bits per heavy atom. The van der Waals surface area contributed by atoms with Gasteiger partial charge in [-0.3, -0.25) is 14.6 Å². The third-order valence-corrected chi connectivity index (χ3v) is 5.84. The molecule has 1 heterocycles. The number of allylic oxidation sites excluding steroid dienone is 2. The maximum absolute atomic E-state index is 13.1. The van der Waals surface area contributed by atoms with Crippen molar-refractivity contribution < 1.29 is 23.8 Å². The first kappa shape index (κ1) is 23.0. The number of rotatable bonds is 9. The Morgan fingerprint density at radius 2 is 1.94 bits per heavy atom. The van der Waals surface area contributed by atoms with Gasteiger partial charge in [0, 0.05) is 29.3 Å². The van der Waals surface area contributed by atoms with Gasteiger partial charge in [-0.15, -0.1) is 0 Å². The number of ether oxygens (including phenoxy) is 3. The highest BCUT2D eigenvalue weighted by atomic mass is 16.5. The van der Waals surface area contributed by atoms with Crippen molar-refractivity contribution in [3.63, 3.8) is 0 Å². The molecule has 0 spiro atoms. The van der Waals surface area contributed by atoms with Gasteiger partial charge >= 0.3 is 5.97 Å². The zero-order valence-electron chi connectivity index (χ0n) is 19.0. The summed E-state index contributed by atoms with van der Waals surface area (Å²) in [5.41, 5.74) is 3.00. The van der Waals surface area contributed by atoms with Gasteiger partial charge in [0.25, 0.3) is 0 Å². The van der Waals surface area contributed by atoms with Crippen LogP contribution in [0.15, 0.2) is 34.5 Å². The molecule has 6 heteroatoms. The van der Waals surface area contributed by atoms with Crippen molar-refractivity contribution in [1.82, 2.24) is 0 Å². The molecule has 1 aliphatic heterocycles. The molecule has 1 aliphatic carbocycles. The summed E-state index contributed by atoms with van der Waals surface area (Å²) >= 11 is 0. The molecule has 31 heavy (non-hydrogen) atoms. The summed E-state index contributed by atoms with van der Waals surface area (Å²) in [7, 11) is 1.60. The van der Waals surface area contributed by atoms with Crippen molar-refractivity contribution in [3.8, 4) is 11.5 Å². The minimum absolute atomic E-state index is 0.0686. The number of carbonyl (C=O) groups excluding carboxylic acids is 2. The smallest absolute Gasteiger partial charge is 0.315 e. The molecular weight excluding hydrogens is 394 g/mol. The summed E-state index contributed by atoms with van der Waals surface area (Å²) in [5.74, 6) is -0.0578. The number of benzene rings is 1. The molecule has 1 aromatic carbocycles. The van der Waals surface area contributed by atoms with Crippen LogP contribution in [0.1, 0.15) is 70.8 Å². The predicted molar refractivity (Wildman–Crippen MR) is 120 cm³/mol. The number of esters is 1. The van der Waals surface area contributed by atoms with E-state index < -0.39 is 11.8 Å². The molecule has 2 aliphatic rings. The Morgan fingerprint density at radius 1 is 1.13 bits per heavy atom. The lowest BCUT2D eigenvalue weighted by Crippen LogP contribution is -2.37. The van der Waals surface area contributed by atoms with Crippen LogP contribution in [0.3, 0.4) is 0 Å². The Bertz CT molecular complexity index is 886. The average molecular weight is 428 g/mol. The number of methoxy groups -OCH3 is 1. The maximum Gasteiger partial charge on any atom is 0.315 e. The SMILES string of the molecule is CCCCOC(=O)C1C(C)=NC2=C(C(=O)CCC2)[C@@H]1c1ccc(OCCC)c(OC)c1. The number of Topliss-reactive ketones (excluding diaryl/α,β-unsaturated/α-hetero) is 1. The standard InChI is InChI=1S/C25H33NO5/c1-5-7-14-31-25(28)22-16(3)26-18-9-8-10-19(27)24(18)23(22)17-11-12-20(30-13-6-2)21(15-17)29-4/h11-12,15,22-23H,5-10,13-14H2,1-4H3/t22?,23-/m1/s1. The molecule has 0 N–H and O–H groups in total. The average Bonchev–Trinajstić information content (AvgIpc) is 2.76. The Balaban J connectivity index is 2.04. The third kappa shape index (κ3) is 5.00. The fourth-order valence-corrected chi connectivity index (χ4v) is 4.29. The number of hydrogen-bond donors (Lipinski definition) is 0. The van der Waals surface area contributed by atoms with E-state index in [9.17, 15) is 9.59 Å². The zero-order chi connectivity index (χ0) is 22.4. The number of carbonyl (C=O) groups is 2. The molecule has 0 aromatic heterocycles. The second-order valence-electron chi connectivity index (χ2n) is 8.13. The molecular formula is C25H33NO5. The van der Waals surface area contributed by atoms with Gasteiger partial charge in [-0.2, -0.15) is 0 Å². The third-order valence-electron chi connectivity index (χ3n) is 5.84. The Kier molecular flexibility index (Phi) is 7.88. The van der Waals surface area contributed by atoms with Crippen LogP contribution in [0.5, 0.6) is 11.5 Å². The van der Waals surface area contributed by atoms with E-state index >= 15 is 0 Å². The molecule has 0 bridgehead atoms. The number of unbranched alkanes of at least 4 members (excludes halogenated alkanes) is 1. The maximum atomic E-state index is 13.1. The lowest BCUT2D eigenvalue weighted by molar-refractivity contribution is -0.146. The predicted octanol–water partition coefficient (Wildman–Crippen LogP) is 5.01. The number of aliphatic imine (C=N–C) groups is 1. The fourth-order valence-electron chi connectivity index (χ4n) is 4.29. The summed E-state index contributed by atoms with van der Waals surface area (Å²) < 4.78 is 16.9. The van der Waals surface area contributed by atoms with E-state index in [4.69, 9.17) is 14.2 Å². The molecule has 0 radical (unpaired) electrons. The summed E-state index contributed by atoms with van der Waals surface area (Å²) in [6.45, 7) is 6.92. The monoisotopic (exact) mass is 427 g/mol. The number of hydrogen-bond acceptors (Lipinski definition) is 6. The van der Waals surface area contributed by atoms with Crippen LogP contribution in [-0.4, -0.2) is 37.8 Å². The minimum Gasteiger partial charge on any atom is -0.493 e. The van der Waals surface area contributed by atoms with Crippen molar-refractivity contribution in [1.29, 1.82) is 0 Å². The summed E-state index contributed by atoms with van der Waals surface area (Å²) in [4.78, 5) is 30.8.